The molecule has 0 bridgehead atoms. The number of carbonyl (C=O) groups is 1. The Hall–Kier alpha value is -3.02. The van der Waals surface area contributed by atoms with E-state index in [1.165, 1.54) is 23.2 Å². The van der Waals surface area contributed by atoms with Crippen molar-refractivity contribution in [2.45, 2.75) is 52.1 Å². The summed E-state index contributed by atoms with van der Waals surface area (Å²) in [6.07, 6.45) is -3.44. The third kappa shape index (κ3) is 4.70. The molecule has 1 aromatic heterocycles. The smallest absolute Gasteiger partial charge is 0.416 e. The summed E-state index contributed by atoms with van der Waals surface area (Å²) in [6, 6.07) is 5.32. The highest BCUT2D eigenvalue weighted by Gasteiger charge is 2.34. The molecule has 3 rings (SSSR count). The van der Waals surface area contributed by atoms with Crippen molar-refractivity contribution in [2.24, 2.45) is 0 Å². The van der Waals surface area contributed by atoms with Crippen LogP contribution in [0.3, 0.4) is 0 Å². The van der Waals surface area contributed by atoms with Gasteiger partial charge in [-0.25, -0.2) is 9.78 Å². The number of halogens is 3. The van der Waals surface area contributed by atoms with Crippen LogP contribution in [0.4, 0.5) is 18.0 Å². The fourth-order valence-corrected chi connectivity index (χ4v) is 3.21. The molecule has 2 heterocycles. The van der Waals surface area contributed by atoms with Crippen LogP contribution in [0.1, 0.15) is 49.0 Å². The standard InChI is InChI=1S/C20H21F3N4O2/c1-19(2,3)29-18(28)26-6-7-27-15(11-25-17(27)12-26)9-14-5-4-13(10-24)8-16(14)20(21,22)23/h4-5,8,11H,6-7,9,12H2,1-3H3. The van der Waals surface area contributed by atoms with Crippen LogP contribution >= 0.6 is 0 Å². The molecule has 0 fully saturated rings. The van der Waals surface area contributed by atoms with E-state index in [0.29, 0.717) is 24.6 Å². The van der Waals surface area contributed by atoms with Gasteiger partial charge in [-0.2, -0.15) is 18.4 Å². The van der Waals surface area contributed by atoms with Crippen LogP contribution in [0, 0.1) is 11.3 Å². The molecular weight excluding hydrogens is 385 g/mol. The molecule has 0 N–H and O–H groups in total. The number of nitrogens with zero attached hydrogens (tertiary/aromatic N) is 4. The summed E-state index contributed by atoms with van der Waals surface area (Å²) in [7, 11) is 0. The van der Waals surface area contributed by atoms with Gasteiger partial charge in [0.1, 0.15) is 11.4 Å². The van der Waals surface area contributed by atoms with Crippen molar-refractivity contribution in [1.82, 2.24) is 14.5 Å². The summed E-state index contributed by atoms with van der Waals surface area (Å²) in [6.45, 7) is 6.37. The molecule has 154 valence electrons. The van der Waals surface area contributed by atoms with Gasteiger partial charge in [-0.1, -0.05) is 6.07 Å². The molecule has 29 heavy (non-hydrogen) atoms. The number of hydrogen-bond donors (Lipinski definition) is 0. The predicted molar refractivity (Wildman–Crippen MR) is 97.8 cm³/mol. The van der Waals surface area contributed by atoms with E-state index in [0.717, 1.165) is 6.07 Å². The van der Waals surface area contributed by atoms with Crippen molar-refractivity contribution >= 4 is 6.09 Å². The molecule has 0 spiro atoms. The zero-order chi connectivity index (χ0) is 21.4. The van der Waals surface area contributed by atoms with Gasteiger partial charge in [-0.3, -0.25) is 4.90 Å². The minimum Gasteiger partial charge on any atom is -0.444 e. The molecule has 9 heteroatoms. The number of hydrogen-bond acceptors (Lipinski definition) is 4. The van der Waals surface area contributed by atoms with E-state index in [1.54, 1.807) is 26.8 Å². The van der Waals surface area contributed by atoms with Gasteiger partial charge >= 0.3 is 12.3 Å². The van der Waals surface area contributed by atoms with Gasteiger partial charge < -0.3 is 9.30 Å². The lowest BCUT2D eigenvalue weighted by atomic mass is 10.00. The van der Waals surface area contributed by atoms with Crippen LogP contribution in [-0.4, -0.2) is 32.7 Å². The summed E-state index contributed by atoms with van der Waals surface area (Å²) in [5.41, 5.74) is -0.769. The number of nitriles is 1. The minimum absolute atomic E-state index is 0.0278. The number of amides is 1. The molecule has 1 aliphatic heterocycles. The Morgan fingerprint density at radius 1 is 1.28 bits per heavy atom. The Balaban J connectivity index is 1.82. The molecule has 0 radical (unpaired) electrons. The maximum Gasteiger partial charge on any atom is 0.416 e. The molecule has 2 aromatic rings. The highest BCUT2D eigenvalue weighted by atomic mass is 19.4. The monoisotopic (exact) mass is 406 g/mol. The lowest BCUT2D eigenvalue weighted by Crippen LogP contribution is -2.41. The maximum atomic E-state index is 13.4. The van der Waals surface area contributed by atoms with Gasteiger partial charge in [0.25, 0.3) is 0 Å². The molecule has 0 saturated heterocycles. The summed E-state index contributed by atoms with van der Waals surface area (Å²) >= 11 is 0. The number of carbonyl (C=O) groups excluding carboxylic acids is 1. The summed E-state index contributed by atoms with van der Waals surface area (Å²) in [4.78, 5) is 18.1. The average molecular weight is 406 g/mol. The first-order chi connectivity index (χ1) is 13.5. The van der Waals surface area contributed by atoms with Crippen molar-refractivity contribution in [2.75, 3.05) is 6.54 Å². The number of imidazole rings is 1. The van der Waals surface area contributed by atoms with Gasteiger partial charge in [0.2, 0.25) is 0 Å². The number of rotatable bonds is 2. The quantitative estimate of drug-likeness (QED) is 0.752. The van der Waals surface area contributed by atoms with Gasteiger partial charge in [0.05, 0.1) is 23.7 Å². The van der Waals surface area contributed by atoms with E-state index < -0.39 is 23.4 Å². The van der Waals surface area contributed by atoms with Crippen molar-refractivity contribution in [3.63, 3.8) is 0 Å². The molecule has 1 aromatic carbocycles. The number of ether oxygens (including phenoxy) is 1. The van der Waals surface area contributed by atoms with Crippen LogP contribution in [0.25, 0.3) is 0 Å². The molecule has 0 aliphatic carbocycles. The van der Waals surface area contributed by atoms with E-state index in [4.69, 9.17) is 10.00 Å². The predicted octanol–water partition coefficient (Wildman–Crippen LogP) is 4.12. The van der Waals surface area contributed by atoms with Gasteiger partial charge in [0, 0.05) is 31.4 Å². The normalized spacial score (nSPS) is 14.3. The van der Waals surface area contributed by atoms with Crippen molar-refractivity contribution in [1.29, 1.82) is 5.26 Å². The number of fused-ring (bicyclic) bond motifs is 1. The third-order valence-electron chi connectivity index (χ3n) is 4.51. The second-order valence-corrected chi connectivity index (χ2v) is 7.88. The molecule has 0 saturated carbocycles. The Kier molecular flexibility index (Phi) is 5.30. The Bertz CT molecular complexity index is 968. The lowest BCUT2D eigenvalue weighted by molar-refractivity contribution is -0.138. The zero-order valence-corrected chi connectivity index (χ0v) is 16.4. The molecular formula is C20H21F3N4O2. The number of aromatic nitrogens is 2. The highest BCUT2D eigenvalue weighted by molar-refractivity contribution is 5.68. The first-order valence-electron chi connectivity index (χ1n) is 9.09. The van der Waals surface area contributed by atoms with E-state index in [9.17, 15) is 18.0 Å². The fourth-order valence-electron chi connectivity index (χ4n) is 3.21. The SMILES string of the molecule is CC(C)(C)OC(=O)N1CCn2c(Cc3ccc(C#N)cc3C(F)(F)F)cnc2C1. The van der Waals surface area contributed by atoms with Crippen LogP contribution in [0.5, 0.6) is 0 Å². The Labute approximate surface area is 166 Å². The second kappa shape index (κ2) is 7.43. The number of benzene rings is 1. The Morgan fingerprint density at radius 3 is 2.62 bits per heavy atom. The van der Waals surface area contributed by atoms with E-state index in [-0.39, 0.29) is 24.1 Å². The van der Waals surface area contributed by atoms with Gasteiger partial charge in [-0.05, 0) is 38.5 Å². The number of alkyl halides is 3. The van der Waals surface area contributed by atoms with E-state index >= 15 is 0 Å². The third-order valence-corrected chi connectivity index (χ3v) is 4.51. The molecule has 1 aliphatic rings. The maximum absolute atomic E-state index is 13.4. The van der Waals surface area contributed by atoms with Crippen LogP contribution in [0.15, 0.2) is 24.4 Å². The topological polar surface area (TPSA) is 71.2 Å². The first-order valence-corrected chi connectivity index (χ1v) is 9.09. The summed E-state index contributed by atoms with van der Waals surface area (Å²) < 4.78 is 47.5. The van der Waals surface area contributed by atoms with Crippen molar-refractivity contribution < 1.29 is 22.7 Å². The van der Waals surface area contributed by atoms with Crippen LogP contribution in [0.2, 0.25) is 0 Å². The second-order valence-electron chi connectivity index (χ2n) is 7.88. The highest BCUT2D eigenvalue weighted by Crippen LogP contribution is 2.34. The van der Waals surface area contributed by atoms with Gasteiger partial charge in [0.15, 0.2) is 0 Å². The average Bonchev–Trinajstić information content (AvgIpc) is 3.02. The Morgan fingerprint density at radius 2 is 2.00 bits per heavy atom. The van der Waals surface area contributed by atoms with Crippen LogP contribution < -0.4 is 0 Å². The zero-order valence-electron chi connectivity index (χ0n) is 16.4. The summed E-state index contributed by atoms with van der Waals surface area (Å²) in [5, 5.41) is 8.90. The first kappa shape index (κ1) is 20.7. The van der Waals surface area contributed by atoms with Crippen LogP contribution in [-0.2, 0) is 30.4 Å². The molecule has 0 atom stereocenters. The molecule has 1 amide bonds. The fraction of sp³-hybridized carbons (Fsp3) is 0.450. The minimum atomic E-state index is -4.56. The van der Waals surface area contributed by atoms with E-state index in [2.05, 4.69) is 4.98 Å². The summed E-state index contributed by atoms with van der Waals surface area (Å²) in [5.74, 6) is 0.597. The van der Waals surface area contributed by atoms with Crippen molar-refractivity contribution in [3.05, 3.63) is 52.6 Å². The van der Waals surface area contributed by atoms with E-state index in [1.807, 2.05) is 4.57 Å². The molecule has 0 unspecified atom stereocenters. The lowest BCUT2D eigenvalue weighted by Gasteiger charge is -2.31. The van der Waals surface area contributed by atoms with Gasteiger partial charge in [-0.15, -0.1) is 0 Å². The largest absolute Gasteiger partial charge is 0.444 e. The van der Waals surface area contributed by atoms with Crippen molar-refractivity contribution in [3.8, 4) is 6.07 Å². The molecule has 6 nitrogen and oxygen atoms in total.